The maximum Gasteiger partial charge on any atom is 0.289 e. The second-order valence-corrected chi connectivity index (χ2v) is 7.53. The second kappa shape index (κ2) is 8.66. The minimum Gasteiger partial charge on any atom is -0.496 e. The standard InChI is InChI=1S/C21H26N6O3/c1-15(2)27-20(22-23-24-27)19(16-7-4-5-8-17(16)29-3)25-10-12-26(13-11-25)21(28)18-9-6-14-30-18/h4-9,14-15,19H,10-13H2,1-3H3/t19-/m1/s1. The predicted molar refractivity (Wildman–Crippen MR) is 109 cm³/mol. The molecule has 9 nitrogen and oxygen atoms in total. The molecule has 1 atom stereocenters. The van der Waals surface area contributed by atoms with Crippen LogP contribution in [0.1, 0.15) is 47.9 Å². The summed E-state index contributed by atoms with van der Waals surface area (Å²) in [7, 11) is 1.67. The Morgan fingerprint density at radius 2 is 1.87 bits per heavy atom. The molecule has 0 bridgehead atoms. The summed E-state index contributed by atoms with van der Waals surface area (Å²) in [6.45, 7) is 6.65. The zero-order valence-electron chi connectivity index (χ0n) is 17.4. The van der Waals surface area contributed by atoms with Gasteiger partial charge in [-0.2, -0.15) is 0 Å². The van der Waals surface area contributed by atoms with Crippen LogP contribution in [-0.4, -0.2) is 69.2 Å². The van der Waals surface area contributed by atoms with Crippen molar-refractivity contribution in [3.8, 4) is 5.75 Å². The van der Waals surface area contributed by atoms with Crippen LogP contribution in [0.3, 0.4) is 0 Å². The Kier molecular flexibility index (Phi) is 5.80. The van der Waals surface area contributed by atoms with E-state index in [9.17, 15) is 4.79 Å². The molecule has 1 amide bonds. The first-order valence-electron chi connectivity index (χ1n) is 10.1. The van der Waals surface area contributed by atoms with E-state index < -0.39 is 0 Å². The third-order valence-corrected chi connectivity index (χ3v) is 5.38. The maximum atomic E-state index is 12.6. The van der Waals surface area contributed by atoms with Gasteiger partial charge >= 0.3 is 0 Å². The molecule has 0 aliphatic carbocycles. The first-order chi connectivity index (χ1) is 14.6. The first kappa shape index (κ1) is 20.1. The smallest absolute Gasteiger partial charge is 0.289 e. The quantitative estimate of drug-likeness (QED) is 0.616. The summed E-state index contributed by atoms with van der Waals surface area (Å²) in [5.41, 5.74) is 1.00. The van der Waals surface area contributed by atoms with Gasteiger partial charge in [0.15, 0.2) is 11.6 Å². The Morgan fingerprint density at radius 3 is 2.53 bits per heavy atom. The first-order valence-corrected chi connectivity index (χ1v) is 10.1. The SMILES string of the molecule is COc1ccccc1[C@H](c1nnnn1C(C)C)N1CCN(C(=O)c2ccco2)CC1. The van der Waals surface area contributed by atoms with E-state index in [1.165, 1.54) is 6.26 Å². The fraction of sp³-hybridized carbons (Fsp3) is 0.429. The molecule has 9 heteroatoms. The molecule has 1 aliphatic heterocycles. The molecule has 30 heavy (non-hydrogen) atoms. The van der Waals surface area contributed by atoms with Crippen molar-refractivity contribution < 1.29 is 13.9 Å². The number of piperazine rings is 1. The zero-order valence-corrected chi connectivity index (χ0v) is 17.4. The number of amides is 1. The van der Waals surface area contributed by atoms with Crippen LogP contribution in [0, 0.1) is 0 Å². The lowest BCUT2D eigenvalue weighted by Gasteiger charge is -2.39. The Labute approximate surface area is 175 Å². The van der Waals surface area contributed by atoms with E-state index in [0.717, 1.165) is 17.1 Å². The van der Waals surface area contributed by atoms with Gasteiger partial charge in [-0.15, -0.1) is 5.10 Å². The molecule has 1 aromatic carbocycles. The average molecular weight is 410 g/mol. The number of para-hydroxylation sites is 1. The van der Waals surface area contributed by atoms with Crippen LogP contribution >= 0.6 is 0 Å². The summed E-state index contributed by atoms with van der Waals surface area (Å²) < 4.78 is 12.8. The molecular weight excluding hydrogens is 384 g/mol. The Morgan fingerprint density at radius 1 is 1.10 bits per heavy atom. The number of ether oxygens (including phenoxy) is 1. The molecule has 0 N–H and O–H groups in total. The monoisotopic (exact) mass is 410 g/mol. The van der Waals surface area contributed by atoms with E-state index >= 15 is 0 Å². The molecule has 1 saturated heterocycles. The minimum absolute atomic E-state index is 0.0829. The van der Waals surface area contributed by atoms with Crippen LogP contribution in [0.5, 0.6) is 5.75 Å². The van der Waals surface area contributed by atoms with Gasteiger partial charge < -0.3 is 14.1 Å². The molecule has 0 spiro atoms. The molecule has 3 aromatic rings. The van der Waals surface area contributed by atoms with E-state index in [1.807, 2.05) is 33.8 Å². The van der Waals surface area contributed by atoms with Gasteiger partial charge in [-0.05, 0) is 42.5 Å². The molecule has 0 saturated carbocycles. The van der Waals surface area contributed by atoms with E-state index in [4.69, 9.17) is 9.15 Å². The van der Waals surface area contributed by atoms with Crippen LogP contribution in [-0.2, 0) is 0 Å². The number of hydrogen-bond acceptors (Lipinski definition) is 7. The van der Waals surface area contributed by atoms with Gasteiger partial charge in [-0.1, -0.05) is 18.2 Å². The van der Waals surface area contributed by atoms with Crippen LogP contribution in [0.25, 0.3) is 0 Å². The van der Waals surface area contributed by atoms with Crippen molar-refractivity contribution in [1.82, 2.24) is 30.0 Å². The summed E-state index contributed by atoms with van der Waals surface area (Å²) in [5, 5.41) is 12.5. The van der Waals surface area contributed by atoms with Crippen LogP contribution in [0.2, 0.25) is 0 Å². The Balaban J connectivity index is 1.63. The predicted octanol–water partition coefficient (Wildman–Crippen LogP) is 2.40. The number of tetrazole rings is 1. The van der Waals surface area contributed by atoms with Crippen molar-refractivity contribution in [2.75, 3.05) is 33.3 Å². The second-order valence-electron chi connectivity index (χ2n) is 7.53. The highest BCUT2D eigenvalue weighted by Crippen LogP contribution is 2.34. The van der Waals surface area contributed by atoms with Gasteiger partial charge in [0.25, 0.3) is 5.91 Å². The Hall–Kier alpha value is -3.20. The van der Waals surface area contributed by atoms with Gasteiger partial charge in [0, 0.05) is 31.7 Å². The number of aromatic nitrogens is 4. The van der Waals surface area contributed by atoms with Crippen molar-refractivity contribution in [1.29, 1.82) is 0 Å². The van der Waals surface area contributed by atoms with Crippen molar-refractivity contribution in [2.45, 2.75) is 25.9 Å². The lowest BCUT2D eigenvalue weighted by molar-refractivity contribution is 0.0556. The summed E-state index contributed by atoms with van der Waals surface area (Å²) in [6.07, 6.45) is 1.52. The third-order valence-electron chi connectivity index (χ3n) is 5.38. The minimum atomic E-state index is -0.181. The largest absolute Gasteiger partial charge is 0.496 e. The number of hydrogen-bond donors (Lipinski definition) is 0. The molecular formula is C21H26N6O3. The molecule has 1 aliphatic rings. The van der Waals surface area contributed by atoms with Crippen LogP contribution in [0.15, 0.2) is 47.1 Å². The number of carbonyl (C=O) groups is 1. The molecule has 158 valence electrons. The van der Waals surface area contributed by atoms with E-state index in [-0.39, 0.29) is 18.0 Å². The normalized spacial score (nSPS) is 16.1. The molecule has 0 unspecified atom stereocenters. The number of nitrogens with zero attached hydrogens (tertiary/aromatic N) is 6. The number of furan rings is 1. The lowest BCUT2D eigenvalue weighted by Crippen LogP contribution is -2.50. The molecule has 4 rings (SSSR count). The lowest BCUT2D eigenvalue weighted by atomic mass is 10.0. The fourth-order valence-electron chi connectivity index (χ4n) is 3.88. The van der Waals surface area contributed by atoms with Crippen molar-refractivity contribution >= 4 is 5.91 Å². The van der Waals surface area contributed by atoms with Gasteiger partial charge in [-0.3, -0.25) is 9.69 Å². The van der Waals surface area contributed by atoms with Crippen molar-refractivity contribution in [3.63, 3.8) is 0 Å². The van der Waals surface area contributed by atoms with E-state index in [2.05, 4.69) is 34.3 Å². The summed E-state index contributed by atoms with van der Waals surface area (Å²) >= 11 is 0. The summed E-state index contributed by atoms with van der Waals surface area (Å²) in [6, 6.07) is 11.3. The maximum absolute atomic E-state index is 12.6. The van der Waals surface area contributed by atoms with E-state index in [1.54, 1.807) is 19.2 Å². The topological polar surface area (TPSA) is 89.5 Å². The van der Waals surface area contributed by atoms with Gasteiger partial charge in [0.1, 0.15) is 11.8 Å². The highest BCUT2D eigenvalue weighted by molar-refractivity contribution is 5.91. The highest BCUT2D eigenvalue weighted by Gasteiger charge is 2.34. The zero-order chi connectivity index (χ0) is 21.1. The molecule has 2 aromatic heterocycles. The highest BCUT2D eigenvalue weighted by atomic mass is 16.5. The Bertz CT molecular complexity index is 976. The number of methoxy groups -OCH3 is 1. The molecule has 3 heterocycles. The van der Waals surface area contributed by atoms with Gasteiger partial charge in [-0.25, -0.2) is 4.68 Å². The van der Waals surface area contributed by atoms with Crippen molar-refractivity contribution in [2.24, 2.45) is 0 Å². The number of carbonyl (C=O) groups excluding carboxylic acids is 1. The third kappa shape index (κ3) is 3.80. The van der Waals surface area contributed by atoms with Gasteiger partial charge in [0.05, 0.1) is 19.4 Å². The van der Waals surface area contributed by atoms with Crippen LogP contribution < -0.4 is 4.74 Å². The molecule has 1 fully saturated rings. The van der Waals surface area contributed by atoms with E-state index in [0.29, 0.717) is 31.9 Å². The van der Waals surface area contributed by atoms with Gasteiger partial charge in [0.2, 0.25) is 0 Å². The fourth-order valence-corrected chi connectivity index (χ4v) is 3.88. The van der Waals surface area contributed by atoms with Crippen LogP contribution in [0.4, 0.5) is 0 Å². The molecule has 0 radical (unpaired) electrons. The van der Waals surface area contributed by atoms with Crippen molar-refractivity contribution in [3.05, 3.63) is 59.8 Å². The summed E-state index contributed by atoms with van der Waals surface area (Å²) in [5.74, 6) is 1.84. The number of benzene rings is 1. The average Bonchev–Trinajstić information content (AvgIpc) is 3.47. The summed E-state index contributed by atoms with van der Waals surface area (Å²) in [4.78, 5) is 16.8. The number of rotatable bonds is 6.